The van der Waals surface area contributed by atoms with Gasteiger partial charge < -0.3 is 0 Å². The van der Waals surface area contributed by atoms with E-state index in [0.717, 1.165) is 13.2 Å². The molecule has 3 aliphatic rings. The molecule has 0 nitrogen and oxygen atoms in total. The normalized spacial score (nSPS) is 28.0. The predicted octanol–water partition coefficient (Wildman–Crippen LogP) is 7.58. The van der Waals surface area contributed by atoms with Crippen molar-refractivity contribution >= 4 is 8.97 Å². The van der Waals surface area contributed by atoms with Crippen LogP contribution in [0.3, 0.4) is 0 Å². The third-order valence-electron chi connectivity index (χ3n) is 7.13. The Labute approximate surface area is 145 Å². The van der Waals surface area contributed by atoms with Gasteiger partial charge in [-0.15, -0.1) is 0 Å². The Morgan fingerprint density at radius 2 is 0.739 bits per heavy atom. The van der Waals surface area contributed by atoms with Crippen LogP contribution in [-0.4, -0.2) is 8.97 Å². The van der Waals surface area contributed by atoms with Crippen LogP contribution < -0.4 is 0 Å². The molecule has 23 heavy (non-hydrogen) atoms. The van der Waals surface area contributed by atoms with Crippen molar-refractivity contribution in [3.63, 3.8) is 0 Å². The maximum absolute atomic E-state index is 2.94. The van der Waals surface area contributed by atoms with Gasteiger partial charge in [-0.3, -0.25) is 0 Å². The molecule has 3 rings (SSSR count). The Kier molecular flexibility index (Phi) is 6.13. The summed E-state index contributed by atoms with van der Waals surface area (Å²) in [6.45, 7) is 5.05. The summed E-state index contributed by atoms with van der Waals surface area (Å²) in [7, 11) is 0. The van der Waals surface area contributed by atoms with E-state index in [1.807, 2.05) is 0 Å². The monoisotopic (exact) mass is 411 g/mol. The molecule has 0 N–H and O–H groups in total. The molecule has 0 aromatic heterocycles. The van der Waals surface area contributed by atoms with Gasteiger partial charge >= 0.3 is 146 Å². The van der Waals surface area contributed by atoms with Crippen molar-refractivity contribution < 1.29 is 13.4 Å². The summed E-state index contributed by atoms with van der Waals surface area (Å²) >= 11 is -2.30. The first-order chi connectivity index (χ1) is 11.3. The van der Waals surface area contributed by atoms with Crippen molar-refractivity contribution in [3.05, 3.63) is 0 Å². The van der Waals surface area contributed by atoms with Crippen LogP contribution in [-0.2, 0) is 13.4 Å². The van der Waals surface area contributed by atoms with Crippen LogP contribution in [0.15, 0.2) is 0 Å². The van der Waals surface area contributed by atoms with Gasteiger partial charge in [0.25, 0.3) is 0 Å². The van der Waals surface area contributed by atoms with Gasteiger partial charge in [-0.25, -0.2) is 0 Å². The second kappa shape index (κ2) is 7.74. The molecular formula is C22H41Pd. The summed E-state index contributed by atoms with van der Waals surface area (Å²) in [6.07, 6.45) is 23.1. The van der Waals surface area contributed by atoms with Gasteiger partial charge in [0.2, 0.25) is 0 Å². The van der Waals surface area contributed by atoms with Crippen LogP contribution in [0.1, 0.15) is 110 Å². The van der Waals surface area contributed by atoms with E-state index in [4.69, 9.17) is 0 Å². The SMILES string of the molecule is C[CH]=[Pd](=[CH]C)([CH]1CCCCC1)([CH]1CCCCC1)[CH]1CCCCC1. The molecular weight excluding hydrogens is 371 g/mol. The van der Waals surface area contributed by atoms with Crippen LogP contribution in [0, 0.1) is 0 Å². The molecule has 3 saturated carbocycles. The second-order valence-corrected chi connectivity index (χ2v) is 18.8. The van der Waals surface area contributed by atoms with E-state index in [1.165, 1.54) is 57.8 Å². The van der Waals surface area contributed by atoms with Crippen molar-refractivity contribution in [1.29, 1.82) is 0 Å². The van der Waals surface area contributed by atoms with E-state index in [-0.39, 0.29) is 0 Å². The third-order valence-corrected chi connectivity index (χ3v) is 22.8. The van der Waals surface area contributed by atoms with Crippen LogP contribution in [0.2, 0.25) is 13.2 Å². The summed E-state index contributed by atoms with van der Waals surface area (Å²) in [5.74, 6) is 0. The van der Waals surface area contributed by atoms with E-state index in [2.05, 4.69) is 22.8 Å². The average molecular weight is 412 g/mol. The zero-order chi connectivity index (χ0) is 16.2. The van der Waals surface area contributed by atoms with Gasteiger partial charge in [-0.2, -0.15) is 0 Å². The fraction of sp³-hybridized carbons (Fsp3) is 0.909. The van der Waals surface area contributed by atoms with Crippen molar-refractivity contribution in [3.8, 4) is 0 Å². The van der Waals surface area contributed by atoms with Gasteiger partial charge in [0.05, 0.1) is 0 Å². The molecule has 0 heterocycles. The predicted molar refractivity (Wildman–Crippen MR) is 104 cm³/mol. The number of rotatable bonds is 3. The molecule has 0 aliphatic heterocycles. The van der Waals surface area contributed by atoms with Gasteiger partial charge in [0.1, 0.15) is 0 Å². The standard InChI is InChI=1S/3C6H11.2C2H4.Pd/c3*1-2-4-6-5-3-1;2*1-2;/h3*1H,2-6H2;2*1H,2H3;. The Hall–Kier alpha value is 0.402. The van der Waals surface area contributed by atoms with Gasteiger partial charge in [-0.05, 0) is 0 Å². The minimum absolute atomic E-state index is 1.10. The Morgan fingerprint density at radius 3 is 0.957 bits per heavy atom. The molecule has 0 amide bonds. The third kappa shape index (κ3) is 2.93. The summed E-state index contributed by atoms with van der Waals surface area (Å²) < 4.78 is 9.17. The molecule has 0 aromatic rings. The molecule has 3 aliphatic carbocycles. The van der Waals surface area contributed by atoms with Crippen molar-refractivity contribution in [2.24, 2.45) is 0 Å². The van der Waals surface area contributed by atoms with E-state index < -0.39 is 13.4 Å². The Bertz CT molecular complexity index is 434. The van der Waals surface area contributed by atoms with Gasteiger partial charge in [0, 0.05) is 0 Å². The molecule has 1 heteroatoms. The van der Waals surface area contributed by atoms with E-state index in [9.17, 15) is 0 Å². The molecule has 0 unspecified atom stereocenters. The van der Waals surface area contributed by atoms with Crippen LogP contribution in [0.25, 0.3) is 0 Å². The Morgan fingerprint density at radius 1 is 0.478 bits per heavy atom. The first-order valence-corrected chi connectivity index (χ1v) is 15.0. The van der Waals surface area contributed by atoms with Crippen molar-refractivity contribution in [2.75, 3.05) is 0 Å². The van der Waals surface area contributed by atoms with E-state index in [1.54, 1.807) is 38.5 Å². The number of hydrogen-bond donors (Lipinski definition) is 0. The second-order valence-electron chi connectivity index (χ2n) is 7.97. The van der Waals surface area contributed by atoms with E-state index in [0.29, 0.717) is 0 Å². The fourth-order valence-corrected chi connectivity index (χ4v) is 22.1. The molecule has 0 saturated heterocycles. The van der Waals surface area contributed by atoms with Crippen LogP contribution in [0.4, 0.5) is 0 Å². The molecule has 0 radical (unpaired) electrons. The van der Waals surface area contributed by atoms with Gasteiger partial charge in [-0.1, -0.05) is 0 Å². The molecule has 3 fully saturated rings. The summed E-state index contributed by atoms with van der Waals surface area (Å²) in [5.41, 5.74) is 0. The van der Waals surface area contributed by atoms with Gasteiger partial charge in [0.15, 0.2) is 0 Å². The first kappa shape index (κ1) is 18.2. The zero-order valence-corrected chi connectivity index (χ0v) is 17.4. The summed E-state index contributed by atoms with van der Waals surface area (Å²) in [5, 5.41) is 0. The van der Waals surface area contributed by atoms with Crippen molar-refractivity contribution in [1.82, 2.24) is 0 Å². The fourth-order valence-electron chi connectivity index (χ4n) is 5.98. The first-order valence-electron chi connectivity index (χ1n) is 10.5. The summed E-state index contributed by atoms with van der Waals surface area (Å²) in [4.78, 5) is 0. The molecule has 0 bridgehead atoms. The van der Waals surface area contributed by atoms with Crippen LogP contribution >= 0.6 is 0 Å². The molecule has 0 spiro atoms. The minimum atomic E-state index is -2.30. The average Bonchev–Trinajstić information content (AvgIpc) is 2.67. The zero-order valence-electron chi connectivity index (χ0n) is 15.8. The number of hydrogen-bond acceptors (Lipinski definition) is 0. The van der Waals surface area contributed by atoms with Crippen molar-refractivity contribution in [2.45, 2.75) is 123 Å². The Balaban J connectivity index is 2.12. The molecule has 0 aromatic carbocycles. The molecule has 0 atom stereocenters. The summed E-state index contributed by atoms with van der Waals surface area (Å²) in [6, 6.07) is 0. The maximum atomic E-state index is 2.94. The van der Waals surface area contributed by atoms with Crippen LogP contribution in [0.5, 0.6) is 0 Å². The topological polar surface area (TPSA) is 0 Å². The quantitative estimate of drug-likeness (QED) is 0.420. The molecule has 139 valence electrons. The van der Waals surface area contributed by atoms with E-state index >= 15 is 0 Å².